The highest BCUT2D eigenvalue weighted by atomic mass is 35.5. The molecule has 0 nitrogen and oxygen atoms in total. The Balaban J connectivity index is 2.00. The molecule has 0 heterocycles. The zero-order chi connectivity index (χ0) is 9.97. The molecule has 0 unspecified atom stereocenters. The van der Waals surface area contributed by atoms with Crippen molar-refractivity contribution in [3.8, 4) is 0 Å². The SMILES string of the molecule is Cc1ccc(S[C@@H]2CCC[C@@H]2Cl)cc1. The standard InChI is InChI=1S/C12H15ClS/c1-9-5-7-10(8-6-9)14-12-4-2-3-11(12)13/h5-8,11-12H,2-4H2,1H3/t11-,12+/m0/s1. The van der Waals surface area contributed by atoms with E-state index in [4.69, 9.17) is 11.6 Å². The van der Waals surface area contributed by atoms with Crippen molar-refractivity contribution in [3.63, 3.8) is 0 Å². The maximum Gasteiger partial charge on any atom is 0.0458 e. The number of benzene rings is 1. The zero-order valence-electron chi connectivity index (χ0n) is 8.37. The number of hydrogen-bond donors (Lipinski definition) is 0. The van der Waals surface area contributed by atoms with Gasteiger partial charge in [-0.25, -0.2) is 0 Å². The van der Waals surface area contributed by atoms with Crippen LogP contribution in [-0.2, 0) is 0 Å². The summed E-state index contributed by atoms with van der Waals surface area (Å²) in [4.78, 5) is 1.35. The van der Waals surface area contributed by atoms with E-state index in [-0.39, 0.29) is 0 Å². The highest BCUT2D eigenvalue weighted by Gasteiger charge is 2.25. The van der Waals surface area contributed by atoms with Gasteiger partial charge in [-0.15, -0.1) is 23.4 Å². The molecule has 0 N–H and O–H groups in total. The lowest BCUT2D eigenvalue weighted by Crippen LogP contribution is -2.08. The van der Waals surface area contributed by atoms with E-state index in [9.17, 15) is 0 Å². The molecule has 0 amide bonds. The lowest BCUT2D eigenvalue weighted by atomic mass is 10.2. The Kier molecular flexibility index (Phi) is 3.40. The van der Waals surface area contributed by atoms with Crippen molar-refractivity contribution in [2.45, 2.75) is 41.7 Å². The van der Waals surface area contributed by atoms with Gasteiger partial charge in [-0.05, 0) is 31.9 Å². The Bertz CT molecular complexity index is 294. The van der Waals surface area contributed by atoms with Crippen LogP contribution in [0, 0.1) is 6.92 Å². The minimum atomic E-state index is 0.376. The minimum absolute atomic E-state index is 0.376. The summed E-state index contributed by atoms with van der Waals surface area (Å²) in [5.74, 6) is 0. The zero-order valence-corrected chi connectivity index (χ0v) is 9.94. The molecular formula is C12H15ClS. The van der Waals surface area contributed by atoms with E-state index in [1.165, 1.54) is 29.7 Å². The van der Waals surface area contributed by atoms with Crippen molar-refractivity contribution in [1.29, 1.82) is 0 Å². The number of alkyl halides is 1. The number of rotatable bonds is 2. The highest BCUT2D eigenvalue weighted by Crippen LogP contribution is 2.37. The third-order valence-corrected chi connectivity index (χ3v) is 4.76. The summed E-state index contributed by atoms with van der Waals surface area (Å²) < 4.78 is 0. The average Bonchev–Trinajstić information content (AvgIpc) is 2.56. The van der Waals surface area contributed by atoms with Crippen LogP contribution in [0.15, 0.2) is 29.2 Å². The normalized spacial score (nSPS) is 26.7. The molecular weight excluding hydrogens is 212 g/mol. The lowest BCUT2D eigenvalue weighted by molar-refractivity contribution is 0.888. The molecule has 1 aromatic rings. The van der Waals surface area contributed by atoms with Crippen LogP contribution in [-0.4, -0.2) is 10.6 Å². The molecule has 14 heavy (non-hydrogen) atoms. The molecule has 0 saturated heterocycles. The summed E-state index contributed by atoms with van der Waals surface area (Å²) in [6, 6.07) is 8.73. The smallest absolute Gasteiger partial charge is 0.0458 e. The maximum atomic E-state index is 6.24. The fourth-order valence-electron chi connectivity index (χ4n) is 1.81. The molecule has 0 aliphatic heterocycles. The summed E-state index contributed by atoms with van der Waals surface area (Å²) in [5, 5.41) is 1.00. The topological polar surface area (TPSA) is 0 Å². The van der Waals surface area contributed by atoms with Gasteiger partial charge >= 0.3 is 0 Å². The molecule has 2 heteroatoms. The van der Waals surface area contributed by atoms with Gasteiger partial charge in [-0.3, -0.25) is 0 Å². The Hall–Kier alpha value is -0.140. The summed E-state index contributed by atoms with van der Waals surface area (Å²) in [7, 11) is 0. The fourth-order valence-corrected chi connectivity index (χ4v) is 3.45. The summed E-state index contributed by atoms with van der Waals surface area (Å²) in [5.41, 5.74) is 1.32. The monoisotopic (exact) mass is 226 g/mol. The van der Waals surface area contributed by atoms with E-state index in [1.807, 2.05) is 11.8 Å². The van der Waals surface area contributed by atoms with Crippen LogP contribution in [0.25, 0.3) is 0 Å². The quantitative estimate of drug-likeness (QED) is 0.680. The van der Waals surface area contributed by atoms with Crippen LogP contribution in [0.3, 0.4) is 0 Å². The lowest BCUT2D eigenvalue weighted by Gasteiger charge is -2.12. The van der Waals surface area contributed by atoms with E-state index in [0.717, 1.165) is 0 Å². The van der Waals surface area contributed by atoms with Gasteiger partial charge < -0.3 is 0 Å². The van der Waals surface area contributed by atoms with Crippen molar-refractivity contribution in [1.82, 2.24) is 0 Å². The maximum absolute atomic E-state index is 6.24. The average molecular weight is 227 g/mol. The van der Waals surface area contributed by atoms with Crippen molar-refractivity contribution < 1.29 is 0 Å². The van der Waals surface area contributed by atoms with Gasteiger partial charge in [0.15, 0.2) is 0 Å². The van der Waals surface area contributed by atoms with E-state index in [1.54, 1.807) is 0 Å². The number of hydrogen-bond acceptors (Lipinski definition) is 1. The van der Waals surface area contributed by atoms with Crippen molar-refractivity contribution in [3.05, 3.63) is 29.8 Å². The molecule has 0 spiro atoms. The van der Waals surface area contributed by atoms with Gasteiger partial charge in [0.2, 0.25) is 0 Å². The Labute approximate surface area is 95.0 Å². The number of aryl methyl sites for hydroxylation is 1. The van der Waals surface area contributed by atoms with Crippen LogP contribution in [0.2, 0.25) is 0 Å². The predicted octanol–water partition coefficient (Wildman–Crippen LogP) is 4.25. The molecule has 1 fully saturated rings. The first-order valence-corrected chi connectivity index (χ1v) is 6.45. The van der Waals surface area contributed by atoms with Gasteiger partial charge in [0.25, 0.3) is 0 Å². The highest BCUT2D eigenvalue weighted by molar-refractivity contribution is 8.00. The second-order valence-corrected chi connectivity index (χ2v) is 5.79. The third-order valence-electron chi connectivity index (χ3n) is 2.68. The fraction of sp³-hybridized carbons (Fsp3) is 0.500. The van der Waals surface area contributed by atoms with Gasteiger partial charge in [-0.1, -0.05) is 24.1 Å². The molecule has 1 aliphatic carbocycles. The first kappa shape index (κ1) is 10.4. The van der Waals surface area contributed by atoms with Gasteiger partial charge in [0, 0.05) is 15.5 Å². The molecule has 1 saturated carbocycles. The summed E-state index contributed by atoms with van der Waals surface area (Å²) in [6.45, 7) is 2.12. The minimum Gasteiger partial charge on any atom is -0.122 e. The first-order chi connectivity index (χ1) is 6.75. The third kappa shape index (κ3) is 2.46. The van der Waals surface area contributed by atoms with Gasteiger partial charge in [0.05, 0.1) is 0 Å². The van der Waals surface area contributed by atoms with E-state index in [2.05, 4.69) is 31.2 Å². The molecule has 76 valence electrons. The number of thioether (sulfide) groups is 1. The van der Waals surface area contributed by atoms with Gasteiger partial charge in [0.1, 0.15) is 0 Å². The van der Waals surface area contributed by atoms with E-state index >= 15 is 0 Å². The molecule has 0 aromatic heterocycles. The predicted molar refractivity (Wildman–Crippen MR) is 64.3 cm³/mol. The van der Waals surface area contributed by atoms with Crippen LogP contribution >= 0.6 is 23.4 Å². The van der Waals surface area contributed by atoms with Crippen LogP contribution in [0.1, 0.15) is 24.8 Å². The molecule has 1 aromatic carbocycles. The van der Waals surface area contributed by atoms with E-state index in [0.29, 0.717) is 10.6 Å². The first-order valence-electron chi connectivity index (χ1n) is 5.13. The van der Waals surface area contributed by atoms with Crippen molar-refractivity contribution >= 4 is 23.4 Å². The van der Waals surface area contributed by atoms with Crippen LogP contribution in [0.4, 0.5) is 0 Å². The second kappa shape index (κ2) is 4.59. The van der Waals surface area contributed by atoms with E-state index < -0.39 is 0 Å². The van der Waals surface area contributed by atoms with Crippen LogP contribution in [0.5, 0.6) is 0 Å². The van der Waals surface area contributed by atoms with Crippen LogP contribution < -0.4 is 0 Å². The molecule has 2 rings (SSSR count). The Morgan fingerprint density at radius 1 is 1.21 bits per heavy atom. The molecule has 1 aliphatic rings. The molecule has 0 radical (unpaired) electrons. The molecule has 0 bridgehead atoms. The summed E-state index contributed by atoms with van der Waals surface area (Å²) in [6.07, 6.45) is 3.75. The van der Waals surface area contributed by atoms with Crippen molar-refractivity contribution in [2.75, 3.05) is 0 Å². The Morgan fingerprint density at radius 2 is 1.93 bits per heavy atom. The summed E-state index contributed by atoms with van der Waals surface area (Å²) >= 11 is 8.17. The Morgan fingerprint density at radius 3 is 2.50 bits per heavy atom. The molecule has 2 atom stereocenters. The van der Waals surface area contributed by atoms with Crippen molar-refractivity contribution in [2.24, 2.45) is 0 Å². The largest absolute Gasteiger partial charge is 0.122 e. The second-order valence-electron chi connectivity index (χ2n) is 3.92. The van der Waals surface area contributed by atoms with Gasteiger partial charge in [-0.2, -0.15) is 0 Å². The number of halogens is 1.